The van der Waals surface area contributed by atoms with E-state index in [1.165, 1.54) is 0 Å². The van der Waals surface area contributed by atoms with Gasteiger partial charge in [-0.05, 0) is 30.2 Å². The molecule has 0 aliphatic heterocycles. The van der Waals surface area contributed by atoms with Crippen LogP contribution >= 0.6 is 11.6 Å². The second-order valence-corrected chi connectivity index (χ2v) is 5.61. The smallest absolute Gasteiger partial charge is 0.357 e. The van der Waals surface area contributed by atoms with Crippen molar-refractivity contribution in [2.75, 3.05) is 0 Å². The molecule has 1 aromatic heterocycles. The minimum absolute atomic E-state index is 0.0684. The summed E-state index contributed by atoms with van der Waals surface area (Å²) in [5, 5.41) is 15.0. The Bertz CT molecular complexity index is 956. The number of nitrogens with zero attached hydrogens (tertiary/aromatic N) is 2. The summed E-state index contributed by atoms with van der Waals surface area (Å²) >= 11 is 6.03. The van der Waals surface area contributed by atoms with Crippen molar-refractivity contribution >= 4 is 34.2 Å². The lowest BCUT2D eigenvalue weighted by atomic mass is 10.1. The Morgan fingerprint density at radius 2 is 2.05 bits per heavy atom. The van der Waals surface area contributed by atoms with Gasteiger partial charge in [-0.15, -0.1) is 0 Å². The third kappa shape index (κ3) is 1.84. The lowest BCUT2D eigenvalue weighted by molar-refractivity contribution is 0.0692. The zero-order chi connectivity index (χ0) is 15.3. The van der Waals surface area contributed by atoms with Crippen LogP contribution in [-0.4, -0.2) is 20.9 Å². The standard InChI is InChI=1S/C17H11ClN2O2/c18-11-6-7-12-10(9-11)5-8-15(12)20-14-4-2-1-3-13(14)16(19-20)17(21)22/h1-4,6-9H,5H2,(H,21,22). The van der Waals surface area contributed by atoms with E-state index in [1.807, 2.05) is 42.5 Å². The number of para-hydroxylation sites is 1. The number of aromatic nitrogens is 2. The van der Waals surface area contributed by atoms with Crippen molar-refractivity contribution in [1.29, 1.82) is 0 Å². The van der Waals surface area contributed by atoms with E-state index in [0.29, 0.717) is 10.4 Å². The van der Waals surface area contributed by atoms with Gasteiger partial charge in [0, 0.05) is 16.0 Å². The van der Waals surface area contributed by atoms with Crippen LogP contribution < -0.4 is 0 Å². The number of carboxylic acids is 1. The van der Waals surface area contributed by atoms with E-state index in [4.69, 9.17) is 11.6 Å². The molecule has 108 valence electrons. The molecule has 4 nitrogen and oxygen atoms in total. The Kier molecular flexibility index (Phi) is 2.81. The van der Waals surface area contributed by atoms with Crippen molar-refractivity contribution in [3.63, 3.8) is 0 Å². The summed E-state index contributed by atoms with van der Waals surface area (Å²) in [7, 11) is 0. The number of carbonyl (C=O) groups is 1. The first-order chi connectivity index (χ1) is 10.6. The molecule has 1 N–H and O–H groups in total. The molecule has 0 spiro atoms. The quantitative estimate of drug-likeness (QED) is 0.782. The molecule has 5 heteroatoms. The van der Waals surface area contributed by atoms with Crippen LogP contribution in [0, 0.1) is 0 Å². The molecule has 1 heterocycles. The first-order valence-electron chi connectivity index (χ1n) is 6.85. The molecule has 0 fully saturated rings. The summed E-state index contributed by atoms with van der Waals surface area (Å²) in [4.78, 5) is 11.4. The molecule has 2 aromatic carbocycles. The minimum Gasteiger partial charge on any atom is -0.476 e. The van der Waals surface area contributed by atoms with Crippen LogP contribution in [0.25, 0.3) is 16.6 Å². The summed E-state index contributed by atoms with van der Waals surface area (Å²) in [6.07, 6.45) is 2.81. The Labute approximate surface area is 131 Å². The van der Waals surface area contributed by atoms with Crippen molar-refractivity contribution < 1.29 is 9.90 Å². The predicted octanol–water partition coefficient (Wildman–Crippen LogP) is 3.83. The molecule has 0 atom stereocenters. The van der Waals surface area contributed by atoms with Gasteiger partial charge >= 0.3 is 5.97 Å². The number of hydrogen-bond donors (Lipinski definition) is 1. The molecule has 1 aliphatic carbocycles. The molecule has 22 heavy (non-hydrogen) atoms. The third-order valence-corrected chi connectivity index (χ3v) is 4.11. The Morgan fingerprint density at radius 1 is 1.23 bits per heavy atom. The van der Waals surface area contributed by atoms with E-state index >= 15 is 0 Å². The van der Waals surface area contributed by atoms with Gasteiger partial charge in [0.15, 0.2) is 5.69 Å². The molecule has 0 saturated carbocycles. The van der Waals surface area contributed by atoms with Gasteiger partial charge in [0.1, 0.15) is 0 Å². The second-order valence-electron chi connectivity index (χ2n) is 5.18. The van der Waals surface area contributed by atoms with Crippen molar-refractivity contribution in [2.45, 2.75) is 6.42 Å². The number of rotatable bonds is 2. The molecule has 0 saturated heterocycles. The summed E-state index contributed by atoms with van der Waals surface area (Å²) < 4.78 is 1.71. The number of halogens is 1. The lowest BCUT2D eigenvalue weighted by Gasteiger charge is -2.07. The van der Waals surface area contributed by atoms with Gasteiger partial charge in [0.25, 0.3) is 0 Å². The predicted molar refractivity (Wildman–Crippen MR) is 85.2 cm³/mol. The van der Waals surface area contributed by atoms with E-state index < -0.39 is 5.97 Å². The fourth-order valence-corrected chi connectivity index (χ4v) is 3.10. The van der Waals surface area contributed by atoms with Gasteiger partial charge < -0.3 is 5.11 Å². The average Bonchev–Trinajstić information content (AvgIpc) is 3.07. The van der Waals surface area contributed by atoms with E-state index in [-0.39, 0.29) is 5.69 Å². The van der Waals surface area contributed by atoms with E-state index in [9.17, 15) is 9.90 Å². The summed E-state index contributed by atoms with van der Waals surface area (Å²) in [5.41, 5.74) is 3.91. The number of aromatic carboxylic acids is 1. The summed E-state index contributed by atoms with van der Waals surface area (Å²) in [6.45, 7) is 0. The number of allylic oxidation sites excluding steroid dienone is 1. The third-order valence-electron chi connectivity index (χ3n) is 3.88. The topological polar surface area (TPSA) is 55.1 Å². The highest BCUT2D eigenvalue weighted by molar-refractivity contribution is 6.30. The highest BCUT2D eigenvalue weighted by Gasteiger charge is 2.22. The normalized spacial score (nSPS) is 13.2. The molecule has 0 amide bonds. The molecular weight excluding hydrogens is 300 g/mol. The highest BCUT2D eigenvalue weighted by atomic mass is 35.5. The lowest BCUT2D eigenvalue weighted by Crippen LogP contribution is -2.03. The van der Waals surface area contributed by atoms with Gasteiger partial charge in [-0.2, -0.15) is 5.10 Å². The zero-order valence-electron chi connectivity index (χ0n) is 11.5. The fourth-order valence-electron chi connectivity index (χ4n) is 2.91. The first-order valence-corrected chi connectivity index (χ1v) is 7.23. The molecule has 0 radical (unpaired) electrons. The van der Waals surface area contributed by atoms with Gasteiger partial charge in [-0.3, -0.25) is 0 Å². The number of carboxylic acid groups (broad SMARTS) is 1. The van der Waals surface area contributed by atoms with E-state index in [1.54, 1.807) is 10.7 Å². The Hall–Kier alpha value is -2.59. The van der Waals surface area contributed by atoms with Crippen LogP contribution in [0.4, 0.5) is 0 Å². The molecular formula is C17H11ClN2O2. The number of benzene rings is 2. The highest BCUT2D eigenvalue weighted by Crippen LogP contribution is 2.33. The SMILES string of the molecule is O=C(O)c1nn(C2=CCc3cc(Cl)ccc32)c2ccccc12. The van der Waals surface area contributed by atoms with Gasteiger partial charge in [-0.1, -0.05) is 41.9 Å². The van der Waals surface area contributed by atoms with E-state index in [0.717, 1.165) is 28.8 Å². The maximum atomic E-state index is 11.4. The van der Waals surface area contributed by atoms with E-state index in [2.05, 4.69) is 5.10 Å². The summed E-state index contributed by atoms with van der Waals surface area (Å²) in [5.74, 6) is -1.02. The number of fused-ring (bicyclic) bond motifs is 2. The van der Waals surface area contributed by atoms with Crippen LogP contribution in [0.3, 0.4) is 0 Å². The van der Waals surface area contributed by atoms with Crippen molar-refractivity contribution in [2.24, 2.45) is 0 Å². The van der Waals surface area contributed by atoms with Crippen molar-refractivity contribution in [3.8, 4) is 0 Å². The average molecular weight is 311 g/mol. The molecule has 0 bridgehead atoms. The Morgan fingerprint density at radius 3 is 2.86 bits per heavy atom. The second kappa shape index (κ2) is 4.71. The van der Waals surface area contributed by atoms with Crippen molar-refractivity contribution in [3.05, 3.63) is 70.4 Å². The molecule has 4 rings (SSSR count). The van der Waals surface area contributed by atoms with Gasteiger partial charge in [0.05, 0.1) is 11.2 Å². The maximum absolute atomic E-state index is 11.4. The van der Waals surface area contributed by atoms with Crippen LogP contribution in [0.15, 0.2) is 48.5 Å². The van der Waals surface area contributed by atoms with Gasteiger partial charge in [-0.25, -0.2) is 9.48 Å². The molecule has 0 unspecified atom stereocenters. The molecule has 3 aromatic rings. The van der Waals surface area contributed by atoms with Crippen LogP contribution in [0.5, 0.6) is 0 Å². The largest absolute Gasteiger partial charge is 0.476 e. The molecule has 1 aliphatic rings. The number of hydrogen-bond acceptors (Lipinski definition) is 2. The zero-order valence-corrected chi connectivity index (χ0v) is 12.2. The monoisotopic (exact) mass is 310 g/mol. The van der Waals surface area contributed by atoms with Gasteiger partial charge in [0.2, 0.25) is 0 Å². The van der Waals surface area contributed by atoms with Crippen LogP contribution in [0.1, 0.15) is 21.6 Å². The van der Waals surface area contributed by atoms with Crippen molar-refractivity contribution in [1.82, 2.24) is 9.78 Å². The minimum atomic E-state index is -1.02. The maximum Gasteiger partial charge on any atom is 0.357 e. The fraction of sp³-hybridized carbons (Fsp3) is 0.0588. The Balaban J connectivity index is 1.96. The first kappa shape index (κ1) is 13.1. The van der Waals surface area contributed by atoms with Crippen LogP contribution in [-0.2, 0) is 6.42 Å². The van der Waals surface area contributed by atoms with Crippen LogP contribution in [0.2, 0.25) is 5.02 Å². The summed E-state index contributed by atoms with van der Waals surface area (Å²) in [6, 6.07) is 13.1.